The van der Waals surface area contributed by atoms with Gasteiger partial charge in [0.2, 0.25) is 0 Å². The number of thiocarbonyl (C=S) groups is 1. The van der Waals surface area contributed by atoms with Crippen LogP contribution in [0.25, 0.3) is 0 Å². The molecule has 3 nitrogen and oxygen atoms in total. The van der Waals surface area contributed by atoms with Gasteiger partial charge < -0.3 is 15.4 Å². The van der Waals surface area contributed by atoms with Crippen LogP contribution in [0.1, 0.15) is 5.56 Å². The van der Waals surface area contributed by atoms with Crippen LogP contribution < -0.4 is 15.4 Å². The van der Waals surface area contributed by atoms with Crippen molar-refractivity contribution in [2.45, 2.75) is 6.92 Å². The van der Waals surface area contributed by atoms with E-state index in [1.54, 1.807) is 25.3 Å². The van der Waals surface area contributed by atoms with E-state index in [1.165, 1.54) is 0 Å². The van der Waals surface area contributed by atoms with Gasteiger partial charge in [-0.3, -0.25) is 0 Å². The minimum absolute atomic E-state index is 0.431. The van der Waals surface area contributed by atoms with Crippen molar-refractivity contribution in [1.29, 1.82) is 0 Å². The molecule has 0 aliphatic heterocycles. The maximum atomic E-state index is 5.99. The highest BCUT2D eigenvalue weighted by Crippen LogP contribution is 2.28. The van der Waals surface area contributed by atoms with Crippen LogP contribution in [0.5, 0.6) is 5.75 Å². The summed E-state index contributed by atoms with van der Waals surface area (Å²) in [5.41, 5.74) is 2.59. The molecule has 2 aromatic carbocycles. The first-order valence-corrected chi connectivity index (χ1v) is 7.33. The molecule has 21 heavy (non-hydrogen) atoms. The molecule has 0 unspecified atom stereocenters. The van der Waals surface area contributed by atoms with Crippen molar-refractivity contribution in [3.05, 3.63) is 52.0 Å². The van der Waals surface area contributed by atoms with E-state index >= 15 is 0 Å². The molecule has 2 aromatic rings. The lowest BCUT2D eigenvalue weighted by molar-refractivity contribution is 0.417. The third kappa shape index (κ3) is 4.24. The Balaban J connectivity index is 2.15. The van der Waals surface area contributed by atoms with E-state index in [4.69, 9.17) is 40.2 Å². The van der Waals surface area contributed by atoms with Gasteiger partial charge in [0.25, 0.3) is 0 Å². The average Bonchev–Trinajstić information content (AvgIpc) is 2.43. The molecule has 0 saturated heterocycles. The van der Waals surface area contributed by atoms with E-state index in [2.05, 4.69) is 10.6 Å². The topological polar surface area (TPSA) is 33.3 Å². The molecule has 0 aliphatic carbocycles. The molecule has 2 N–H and O–H groups in total. The van der Waals surface area contributed by atoms with Gasteiger partial charge in [-0.1, -0.05) is 29.3 Å². The Morgan fingerprint density at radius 3 is 2.24 bits per heavy atom. The van der Waals surface area contributed by atoms with Crippen LogP contribution in [0.15, 0.2) is 36.4 Å². The summed E-state index contributed by atoms with van der Waals surface area (Å²) < 4.78 is 5.26. The van der Waals surface area contributed by atoms with Gasteiger partial charge in [0.05, 0.1) is 12.8 Å². The second kappa shape index (κ2) is 6.98. The van der Waals surface area contributed by atoms with Crippen LogP contribution in [0.3, 0.4) is 0 Å². The largest absolute Gasteiger partial charge is 0.495 e. The molecule has 0 amide bonds. The molecule has 0 fully saturated rings. The fourth-order valence-corrected chi connectivity index (χ4v) is 2.35. The van der Waals surface area contributed by atoms with E-state index in [9.17, 15) is 0 Å². The van der Waals surface area contributed by atoms with Gasteiger partial charge in [-0.05, 0) is 55.0 Å². The number of nitrogens with one attached hydrogen (secondary N) is 2. The van der Waals surface area contributed by atoms with Crippen LogP contribution >= 0.6 is 35.4 Å². The lowest BCUT2D eigenvalue weighted by Gasteiger charge is -2.15. The number of hydrogen-bond acceptors (Lipinski definition) is 2. The monoisotopic (exact) mass is 340 g/mol. The number of rotatable bonds is 3. The van der Waals surface area contributed by atoms with Crippen molar-refractivity contribution in [3.63, 3.8) is 0 Å². The van der Waals surface area contributed by atoms with E-state index in [-0.39, 0.29) is 0 Å². The van der Waals surface area contributed by atoms with Crippen molar-refractivity contribution in [2.75, 3.05) is 17.7 Å². The second-order valence-corrected chi connectivity index (χ2v) is 5.66. The maximum absolute atomic E-state index is 5.99. The van der Waals surface area contributed by atoms with Gasteiger partial charge in [-0.2, -0.15) is 0 Å². The van der Waals surface area contributed by atoms with Gasteiger partial charge >= 0.3 is 0 Å². The Morgan fingerprint density at radius 1 is 1.00 bits per heavy atom. The summed E-state index contributed by atoms with van der Waals surface area (Å²) in [5, 5.41) is 7.85. The smallest absolute Gasteiger partial charge is 0.175 e. The third-order valence-electron chi connectivity index (χ3n) is 2.86. The number of hydrogen-bond donors (Lipinski definition) is 2. The van der Waals surface area contributed by atoms with Gasteiger partial charge in [0.15, 0.2) is 5.11 Å². The predicted molar refractivity (Wildman–Crippen MR) is 94.0 cm³/mol. The summed E-state index contributed by atoms with van der Waals surface area (Å²) in [6.07, 6.45) is 0. The van der Waals surface area contributed by atoms with Crippen molar-refractivity contribution in [2.24, 2.45) is 0 Å². The van der Waals surface area contributed by atoms with Crippen LogP contribution in [0, 0.1) is 6.92 Å². The van der Waals surface area contributed by atoms with Crippen LogP contribution in [0.2, 0.25) is 10.0 Å². The van der Waals surface area contributed by atoms with E-state index in [1.807, 2.05) is 25.1 Å². The quantitative estimate of drug-likeness (QED) is 0.759. The zero-order valence-corrected chi connectivity index (χ0v) is 13.9. The molecule has 110 valence electrons. The Labute approximate surface area is 139 Å². The lowest BCUT2D eigenvalue weighted by atomic mass is 10.2. The summed E-state index contributed by atoms with van der Waals surface area (Å²) >= 11 is 17.3. The number of anilines is 2. The van der Waals surface area contributed by atoms with Crippen molar-refractivity contribution >= 4 is 51.9 Å². The zero-order valence-electron chi connectivity index (χ0n) is 11.5. The summed E-state index contributed by atoms with van der Waals surface area (Å²) in [4.78, 5) is 0. The first kappa shape index (κ1) is 15.9. The molecule has 0 radical (unpaired) electrons. The van der Waals surface area contributed by atoms with E-state index in [0.29, 0.717) is 26.6 Å². The fraction of sp³-hybridized carbons (Fsp3) is 0.133. The molecule has 0 aliphatic rings. The molecule has 0 spiro atoms. The molecule has 0 saturated carbocycles. The highest BCUT2D eigenvalue weighted by Gasteiger charge is 2.07. The van der Waals surface area contributed by atoms with E-state index < -0.39 is 0 Å². The van der Waals surface area contributed by atoms with Gasteiger partial charge in [0, 0.05) is 15.7 Å². The molecule has 6 heteroatoms. The molecular formula is C15H14Cl2N2OS. The average molecular weight is 341 g/mol. The summed E-state index contributed by atoms with van der Waals surface area (Å²) in [6, 6.07) is 10.9. The SMILES string of the molecule is COc1ccc(Cl)cc1NC(=S)Nc1cc(Cl)ccc1C. The Morgan fingerprint density at radius 2 is 1.57 bits per heavy atom. The number of halogens is 2. The highest BCUT2D eigenvalue weighted by molar-refractivity contribution is 7.80. The summed E-state index contributed by atoms with van der Waals surface area (Å²) in [5.74, 6) is 0.659. The fourth-order valence-electron chi connectivity index (χ4n) is 1.78. The van der Waals surface area contributed by atoms with Crippen molar-refractivity contribution in [3.8, 4) is 5.75 Å². The van der Waals surface area contributed by atoms with Gasteiger partial charge in [0.1, 0.15) is 5.75 Å². The molecule has 2 rings (SSSR count). The molecular weight excluding hydrogens is 327 g/mol. The summed E-state index contributed by atoms with van der Waals surface area (Å²) in [6.45, 7) is 1.97. The number of ether oxygens (including phenoxy) is 1. The number of benzene rings is 2. The predicted octanol–water partition coefficient (Wildman–Crippen LogP) is 5.12. The van der Waals surface area contributed by atoms with Crippen molar-refractivity contribution < 1.29 is 4.74 Å². The molecule has 0 aromatic heterocycles. The minimum atomic E-state index is 0.431. The minimum Gasteiger partial charge on any atom is -0.495 e. The van der Waals surface area contributed by atoms with E-state index in [0.717, 1.165) is 11.3 Å². The van der Waals surface area contributed by atoms with Crippen molar-refractivity contribution in [1.82, 2.24) is 0 Å². The standard InChI is InChI=1S/C15H14Cl2N2OS/c1-9-3-4-10(16)7-12(9)18-15(21)19-13-8-11(17)5-6-14(13)20-2/h3-8H,1-2H3,(H2,18,19,21). The number of methoxy groups -OCH3 is 1. The van der Waals surface area contributed by atoms with Crippen LogP contribution in [0.4, 0.5) is 11.4 Å². The van der Waals surface area contributed by atoms with Crippen LogP contribution in [-0.4, -0.2) is 12.2 Å². The molecule has 0 atom stereocenters. The normalized spacial score (nSPS) is 10.1. The Bertz CT molecular complexity index is 677. The lowest BCUT2D eigenvalue weighted by Crippen LogP contribution is -2.20. The number of aryl methyl sites for hydroxylation is 1. The van der Waals surface area contributed by atoms with Gasteiger partial charge in [-0.25, -0.2) is 0 Å². The Kier molecular flexibility index (Phi) is 5.28. The maximum Gasteiger partial charge on any atom is 0.175 e. The molecule has 0 heterocycles. The summed E-state index contributed by atoms with van der Waals surface area (Å²) in [7, 11) is 1.59. The van der Waals surface area contributed by atoms with Gasteiger partial charge in [-0.15, -0.1) is 0 Å². The first-order valence-electron chi connectivity index (χ1n) is 6.17. The molecule has 0 bridgehead atoms. The first-order chi connectivity index (χ1) is 9.99. The zero-order chi connectivity index (χ0) is 15.4. The highest BCUT2D eigenvalue weighted by atomic mass is 35.5. The Hall–Kier alpha value is -1.49. The van der Waals surface area contributed by atoms with Crippen LogP contribution in [-0.2, 0) is 0 Å². The second-order valence-electron chi connectivity index (χ2n) is 4.38. The third-order valence-corrected chi connectivity index (χ3v) is 3.53.